The van der Waals surface area contributed by atoms with Gasteiger partial charge < -0.3 is 35.9 Å². The minimum Gasteiger partial charge on any atom is -0.741 e. The van der Waals surface area contributed by atoms with Crippen LogP contribution in [0, 0.1) is 0 Å². The number of benzene rings is 1. The molecular weight excluding hydrogens is 568 g/mol. The molecule has 191 valence electrons. The second kappa shape index (κ2) is 13.9. The molecule has 0 saturated carbocycles. The number of hydrogen-bond donors (Lipinski definition) is 2. The maximum absolute atomic E-state index is 12.4. The fraction of sp³-hybridized carbons (Fsp3) is 0.211. The van der Waals surface area contributed by atoms with Crippen molar-refractivity contribution >= 4 is 47.0 Å². The Morgan fingerprint density at radius 2 is 1.17 bits per heavy atom. The van der Waals surface area contributed by atoms with Crippen LogP contribution in [0.4, 0.5) is 26.3 Å². The van der Waals surface area contributed by atoms with Gasteiger partial charge in [-0.2, -0.15) is 36.5 Å². The van der Waals surface area contributed by atoms with Gasteiger partial charge in [-0.15, -0.1) is 10.2 Å². The Kier molecular flexibility index (Phi) is 12.0. The summed E-state index contributed by atoms with van der Waals surface area (Å²) in [6.07, 6.45) is -6.21. The molecule has 1 aromatic carbocycles. The van der Waals surface area contributed by atoms with Crippen molar-refractivity contribution in [2.24, 2.45) is 20.4 Å². The van der Waals surface area contributed by atoms with Crippen molar-refractivity contribution in [3.8, 4) is 0 Å². The standard InChI is InChI=1S/C19H17F6N7S2.Cu/c20-18(21,22)10-27-16(33)31-29-14(12-5-2-1-3-6-12)15(13-7-4-8-26-9-13)30-32-17(34)28-11-19(23,24)25;/h1-9H,10-11H2,(H2,27,31,33)(H2,28,32,34);/q;+2/p-2/b29-14+,30-15+;. The third kappa shape index (κ3) is 11.9. The summed E-state index contributed by atoms with van der Waals surface area (Å²) in [7, 11) is 0. The molecule has 0 amide bonds. The number of rotatable bonds is 7. The summed E-state index contributed by atoms with van der Waals surface area (Å²) in [6.45, 7) is -2.83. The Bertz CT molecular complexity index is 973. The van der Waals surface area contributed by atoms with Crippen LogP contribution in [0.15, 0.2) is 75.3 Å². The zero-order valence-electron chi connectivity index (χ0n) is 17.2. The van der Waals surface area contributed by atoms with Crippen LogP contribution in [0.2, 0.25) is 0 Å². The molecule has 2 aromatic rings. The van der Waals surface area contributed by atoms with Gasteiger partial charge in [0.25, 0.3) is 0 Å². The summed E-state index contributed by atoms with van der Waals surface area (Å²) >= 11 is 9.54. The van der Waals surface area contributed by atoms with Crippen LogP contribution in [0.5, 0.6) is 0 Å². The molecule has 0 aliphatic heterocycles. The van der Waals surface area contributed by atoms with Crippen LogP contribution in [0.25, 0.3) is 0 Å². The Balaban J connectivity index is 0.00000612. The van der Waals surface area contributed by atoms with E-state index >= 15 is 0 Å². The average Bonchev–Trinajstić information content (AvgIpc) is 2.78. The van der Waals surface area contributed by atoms with Crippen molar-refractivity contribution in [3.05, 3.63) is 66.0 Å². The van der Waals surface area contributed by atoms with Gasteiger partial charge in [0, 0.05) is 23.5 Å². The minimum absolute atomic E-state index is 0. The summed E-state index contributed by atoms with van der Waals surface area (Å²) in [6, 6.07) is 11.3. The van der Waals surface area contributed by atoms with Crippen molar-refractivity contribution < 1.29 is 43.4 Å². The van der Waals surface area contributed by atoms with Crippen molar-refractivity contribution in [2.75, 3.05) is 13.1 Å². The van der Waals surface area contributed by atoms with Gasteiger partial charge in [0.1, 0.15) is 24.5 Å². The Hall–Kier alpha value is -2.81. The molecule has 0 atom stereocenters. The molecule has 2 rings (SSSR count). The molecule has 35 heavy (non-hydrogen) atoms. The molecule has 2 N–H and O–H groups in total. The number of pyridine rings is 1. The number of aromatic nitrogens is 1. The van der Waals surface area contributed by atoms with E-state index in [-0.39, 0.29) is 28.5 Å². The van der Waals surface area contributed by atoms with Crippen molar-refractivity contribution in [1.82, 2.24) is 15.6 Å². The van der Waals surface area contributed by atoms with E-state index in [0.717, 1.165) is 0 Å². The Morgan fingerprint density at radius 3 is 1.60 bits per heavy atom. The number of nitrogens with zero attached hydrogens (tertiary/aromatic N) is 5. The van der Waals surface area contributed by atoms with E-state index in [4.69, 9.17) is 25.3 Å². The first-order valence-corrected chi connectivity index (χ1v) is 9.99. The van der Waals surface area contributed by atoms with Gasteiger partial charge in [0.05, 0.1) is 0 Å². The van der Waals surface area contributed by atoms with E-state index in [2.05, 4.69) is 25.4 Å². The van der Waals surface area contributed by atoms with Crippen LogP contribution in [0.1, 0.15) is 11.1 Å². The summed E-state index contributed by atoms with van der Waals surface area (Å²) in [5.74, 6) is 0. The van der Waals surface area contributed by atoms with E-state index in [0.29, 0.717) is 11.1 Å². The maximum Gasteiger partial charge on any atom is 2.00 e. The molecular formula is C19H15CuF6N7S2. The monoisotopic (exact) mass is 582 g/mol. The van der Waals surface area contributed by atoms with Gasteiger partial charge in [-0.3, -0.25) is 4.98 Å². The van der Waals surface area contributed by atoms with Crippen LogP contribution in [-0.4, -0.2) is 52.2 Å². The second-order valence-electron chi connectivity index (χ2n) is 6.25. The van der Waals surface area contributed by atoms with Gasteiger partial charge in [-0.1, -0.05) is 30.3 Å². The third-order valence-corrected chi connectivity index (χ3v) is 4.02. The molecule has 0 saturated heterocycles. The molecule has 0 fully saturated rings. The quantitative estimate of drug-likeness (QED) is 0.131. The molecule has 1 radical (unpaired) electrons. The molecule has 0 spiro atoms. The summed E-state index contributed by atoms with van der Waals surface area (Å²) in [4.78, 5) is 3.96. The predicted molar refractivity (Wildman–Crippen MR) is 121 cm³/mol. The topological polar surface area (TPSA) is 86.4 Å². The van der Waals surface area contributed by atoms with E-state index in [1.807, 2.05) is 10.6 Å². The smallest absolute Gasteiger partial charge is 0.741 e. The summed E-state index contributed by atoms with van der Waals surface area (Å²) in [5.41, 5.74) is 0.735. The number of nitrogens with one attached hydrogen (secondary N) is 2. The molecule has 1 aromatic heterocycles. The maximum atomic E-state index is 12.4. The van der Waals surface area contributed by atoms with E-state index in [9.17, 15) is 26.3 Å². The first-order valence-electron chi connectivity index (χ1n) is 9.17. The third-order valence-electron chi connectivity index (χ3n) is 3.57. The SMILES string of the molecule is FC(F)(F)CN/C([S-])=N/N=C(/C(=N/N=C(\[S-])NCC(F)(F)F)c1cccnc1)c1ccccc1.[Cu+2]. The predicted octanol–water partition coefficient (Wildman–Crippen LogP) is 3.30. The van der Waals surface area contributed by atoms with Gasteiger partial charge in [0.2, 0.25) is 0 Å². The number of amidine groups is 2. The Morgan fingerprint density at radius 1 is 0.714 bits per heavy atom. The van der Waals surface area contributed by atoms with Crippen LogP contribution >= 0.6 is 0 Å². The van der Waals surface area contributed by atoms with Gasteiger partial charge in [-0.05, 0) is 22.5 Å². The fourth-order valence-corrected chi connectivity index (χ4v) is 2.42. The largest absolute Gasteiger partial charge is 2.00 e. The zero-order chi connectivity index (χ0) is 25.2. The first kappa shape index (κ1) is 30.2. The normalized spacial score (nSPS) is 13.8. The molecule has 7 nitrogen and oxygen atoms in total. The van der Waals surface area contributed by atoms with E-state index in [1.54, 1.807) is 42.5 Å². The van der Waals surface area contributed by atoms with Crippen molar-refractivity contribution in [3.63, 3.8) is 0 Å². The van der Waals surface area contributed by atoms with Crippen molar-refractivity contribution in [1.29, 1.82) is 0 Å². The van der Waals surface area contributed by atoms with Gasteiger partial charge in [0.15, 0.2) is 0 Å². The Labute approximate surface area is 217 Å². The van der Waals surface area contributed by atoms with E-state index in [1.165, 1.54) is 12.4 Å². The number of hydrogen-bond acceptors (Lipinski definition) is 7. The van der Waals surface area contributed by atoms with Gasteiger partial charge >= 0.3 is 29.4 Å². The molecule has 16 heteroatoms. The minimum atomic E-state index is -4.52. The fourth-order valence-electron chi connectivity index (χ4n) is 2.20. The second-order valence-corrected chi connectivity index (χ2v) is 7.03. The number of alkyl halides is 6. The molecule has 0 aliphatic carbocycles. The van der Waals surface area contributed by atoms with Gasteiger partial charge in [-0.25, -0.2) is 0 Å². The first-order chi connectivity index (χ1) is 15.9. The molecule has 0 aliphatic rings. The van der Waals surface area contributed by atoms with Crippen LogP contribution < -0.4 is 10.6 Å². The average molecular weight is 583 g/mol. The van der Waals surface area contributed by atoms with E-state index < -0.39 is 35.8 Å². The zero-order valence-corrected chi connectivity index (χ0v) is 19.8. The summed E-state index contributed by atoms with van der Waals surface area (Å²) in [5, 5.41) is 17.8. The number of halogens is 6. The molecule has 1 heterocycles. The summed E-state index contributed by atoms with van der Waals surface area (Å²) < 4.78 is 74.5. The van der Waals surface area contributed by atoms with Crippen LogP contribution in [-0.2, 0) is 42.3 Å². The van der Waals surface area contributed by atoms with Crippen molar-refractivity contribution in [2.45, 2.75) is 12.4 Å². The molecule has 0 bridgehead atoms. The van der Waals surface area contributed by atoms with Crippen LogP contribution in [0.3, 0.4) is 0 Å². The molecule has 0 unspecified atom stereocenters.